The molecule has 0 spiro atoms. The van der Waals surface area contributed by atoms with Gasteiger partial charge in [0.25, 0.3) is 0 Å². The lowest BCUT2D eigenvalue weighted by Crippen LogP contribution is -2.26. The highest BCUT2D eigenvalue weighted by Crippen LogP contribution is 2.38. The number of esters is 1. The molecule has 31 heavy (non-hydrogen) atoms. The van der Waals surface area contributed by atoms with Crippen molar-refractivity contribution in [3.05, 3.63) is 24.3 Å². The molecule has 0 amide bonds. The van der Waals surface area contributed by atoms with Crippen molar-refractivity contribution < 1.29 is 9.53 Å². The van der Waals surface area contributed by atoms with Crippen molar-refractivity contribution in [2.24, 2.45) is 28.7 Å². The van der Waals surface area contributed by atoms with Gasteiger partial charge in [-0.25, -0.2) is 0 Å². The highest BCUT2D eigenvalue weighted by atomic mass is 32.1. The van der Waals surface area contributed by atoms with Gasteiger partial charge < -0.3 is 4.74 Å². The number of rotatable bonds is 10. The Morgan fingerprint density at radius 3 is 2.00 bits per heavy atom. The number of carbonyl (C=O) groups excluding carboxylic acids is 1. The summed E-state index contributed by atoms with van der Waals surface area (Å²) in [6.45, 7) is 2.30. The Kier molecular flexibility index (Phi) is 10.2. The molecule has 0 radical (unpaired) electrons. The fourth-order valence-corrected chi connectivity index (χ4v) is 5.60. The summed E-state index contributed by atoms with van der Waals surface area (Å²) < 4.78 is 5.60. The Morgan fingerprint density at radius 2 is 1.45 bits per heavy atom. The zero-order chi connectivity index (χ0) is 21.9. The Labute approximate surface area is 194 Å². The molecular formula is C27H39NO2S. The summed E-state index contributed by atoms with van der Waals surface area (Å²) in [5, 5.41) is 2.34. The van der Waals surface area contributed by atoms with E-state index in [9.17, 15) is 4.79 Å². The minimum Gasteiger partial charge on any atom is -0.426 e. The smallest absolute Gasteiger partial charge is 0.314 e. The van der Waals surface area contributed by atoms with Crippen LogP contribution in [0, 0.1) is 23.7 Å². The molecule has 2 aliphatic rings. The maximum atomic E-state index is 12.5. The Hall–Kier alpha value is -1.51. The predicted molar refractivity (Wildman–Crippen MR) is 131 cm³/mol. The highest BCUT2D eigenvalue weighted by Gasteiger charge is 2.28. The van der Waals surface area contributed by atoms with Crippen molar-refractivity contribution in [1.29, 1.82) is 0 Å². The second-order valence-corrected chi connectivity index (χ2v) is 9.98. The molecule has 2 fully saturated rings. The summed E-state index contributed by atoms with van der Waals surface area (Å²) in [6, 6.07) is 7.12. The van der Waals surface area contributed by atoms with Gasteiger partial charge in [-0.2, -0.15) is 4.99 Å². The van der Waals surface area contributed by atoms with Crippen molar-refractivity contribution in [2.45, 2.75) is 96.8 Å². The third kappa shape index (κ3) is 8.16. The number of nitrogens with zero attached hydrogens (tertiary/aromatic N) is 1. The van der Waals surface area contributed by atoms with Crippen LogP contribution in [0.1, 0.15) is 96.8 Å². The first kappa shape index (κ1) is 24.1. The van der Waals surface area contributed by atoms with Gasteiger partial charge in [-0.15, -0.1) is 0 Å². The summed E-state index contributed by atoms with van der Waals surface area (Å²) in [4.78, 5) is 16.5. The van der Waals surface area contributed by atoms with Gasteiger partial charge in [0.15, 0.2) is 0 Å². The summed E-state index contributed by atoms with van der Waals surface area (Å²) in [7, 11) is 0. The molecule has 1 aromatic carbocycles. The van der Waals surface area contributed by atoms with Crippen LogP contribution in [-0.4, -0.2) is 11.1 Å². The third-order valence-corrected chi connectivity index (χ3v) is 7.67. The first-order chi connectivity index (χ1) is 15.2. The summed E-state index contributed by atoms with van der Waals surface area (Å²) >= 11 is 4.61. The average molecular weight is 442 g/mol. The Balaban J connectivity index is 1.31. The first-order valence-electron chi connectivity index (χ1n) is 12.6. The number of ether oxygens (including phenoxy) is 1. The van der Waals surface area contributed by atoms with E-state index in [1.54, 1.807) is 24.3 Å². The molecule has 0 atom stereocenters. The number of isothiocyanates is 1. The summed E-state index contributed by atoms with van der Waals surface area (Å²) in [5.41, 5.74) is 0.722. The first-order valence-corrected chi connectivity index (χ1v) is 13.0. The van der Waals surface area contributed by atoms with E-state index in [0.717, 1.165) is 36.3 Å². The summed E-state index contributed by atoms with van der Waals surface area (Å²) in [5.74, 6) is 3.32. The lowest BCUT2D eigenvalue weighted by Gasteiger charge is -2.31. The average Bonchev–Trinajstić information content (AvgIpc) is 2.80. The van der Waals surface area contributed by atoms with Gasteiger partial charge in [0.2, 0.25) is 0 Å². The normalized spacial score (nSPS) is 26.1. The van der Waals surface area contributed by atoms with Gasteiger partial charge in [0.05, 0.1) is 16.8 Å². The van der Waals surface area contributed by atoms with E-state index >= 15 is 0 Å². The number of hydrogen-bond donors (Lipinski definition) is 0. The molecule has 3 nitrogen and oxygen atoms in total. The van der Waals surface area contributed by atoms with Crippen LogP contribution in [0.4, 0.5) is 5.69 Å². The van der Waals surface area contributed by atoms with Crippen LogP contribution in [0.2, 0.25) is 0 Å². The third-order valence-electron chi connectivity index (χ3n) is 7.58. The number of hydrogen-bond acceptors (Lipinski definition) is 4. The minimum absolute atomic E-state index is 0.0495. The molecule has 1 aromatic rings. The predicted octanol–water partition coefficient (Wildman–Crippen LogP) is 8.30. The Morgan fingerprint density at radius 1 is 0.903 bits per heavy atom. The number of thiocarbonyl (C=S) groups is 1. The zero-order valence-corrected chi connectivity index (χ0v) is 20.0. The van der Waals surface area contributed by atoms with Crippen LogP contribution >= 0.6 is 12.2 Å². The van der Waals surface area contributed by atoms with E-state index < -0.39 is 0 Å². The lowest BCUT2D eigenvalue weighted by atomic mass is 9.75. The van der Waals surface area contributed by atoms with Crippen molar-refractivity contribution in [2.75, 3.05) is 0 Å². The van der Waals surface area contributed by atoms with Crippen molar-refractivity contribution in [1.82, 2.24) is 0 Å². The quantitative estimate of drug-likeness (QED) is 0.120. The number of benzene rings is 1. The van der Waals surface area contributed by atoms with Crippen LogP contribution in [0.15, 0.2) is 29.3 Å². The molecule has 0 saturated heterocycles. The second kappa shape index (κ2) is 13.1. The molecule has 3 rings (SSSR count). The zero-order valence-electron chi connectivity index (χ0n) is 19.2. The molecule has 0 aromatic heterocycles. The second-order valence-electron chi connectivity index (χ2n) is 9.80. The number of carbonyl (C=O) groups is 1. The van der Waals surface area contributed by atoms with E-state index in [1.165, 1.54) is 77.0 Å². The monoisotopic (exact) mass is 441 g/mol. The molecule has 0 N–H and O–H groups in total. The fourth-order valence-electron chi connectivity index (χ4n) is 5.49. The van der Waals surface area contributed by atoms with Crippen molar-refractivity contribution in [3.8, 4) is 5.75 Å². The van der Waals surface area contributed by atoms with Crippen LogP contribution in [0.3, 0.4) is 0 Å². The number of unbranched alkanes of at least 4 members (excludes halogenated alkanes) is 2. The standard InChI is InChI=1S/C27H39NO2S/c1-2-3-4-5-21-6-8-22(9-7-21)10-11-23-12-14-24(15-13-23)27(29)30-26-18-16-25(17-19-26)28-20-31/h16-19,21-24H,2-15H2,1H3. The highest BCUT2D eigenvalue weighted by molar-refractivity contribution is 7.78. The van der Waals surface area contributed by atoms with Gasteiger partial charge in [-0.1, -0.05) is 71.1 Å². The topological polar surface area (TPSA) is 38.7 Å². The molecule has 2 saturated carbocycles. The maximum absolute atomic E-state index is 12.5. The fraction of sp³-hybridized carbons (Fsp3) is 0.704. The van der Waals surface area contributed by atoms with Crippen LogP contribution in [0.5, 0.6) is 5.75 Å². The van der Waals surface area contributed by atoms with Gasteiger partial charge in [0.1, 0.15) is 5.75 Å². The molecule has 0 unspecified atom stereocenters. The Bertz CT molecular complexity index is 709. The lowest BCUT2D eigenvalue weighted by molar-refractivity contribution is -0.140. The maximum Gasteiger partial charge on any atom is 0.314 e. The van der Waals surface area contributed by atoms with E-state index in [4.69, 9.17) is 4.74 Å². The van der Waals surface area contributed by atoms with E-state index in [0.29, 0.717) is 5.75 Å². The number of aliphatic imine (C=N–C) groups is 1. The van der Waals surface area contributed by atoms with Crippen LogP contribution in [0.25, 0.3) is 0 Å². The van der Waals surface area contributed by atoms with Gasteiger partial charge in [-0.05, 0) is 79.9 Å². The molecule has 4 heteroatoms. The van der Waals surface area contributed by atoms with Gasteiger partial charge in [-0.3, -0.25) is 4.79 Å². The van der Waals surface area contributed by atoms with Crippen LogP contribution in [-0.2, 0) is 4.79 Å². The molecular weight excluding hydrogens is 402 g/mol. The molecule has 0 bridgehead atoms. The largest absolute Gasteiger partial charge is 0.426 e. The van der Waals surface area contributed by atoms with Crippen molar-refractivity contribution >= 4 is 29.0 Å². The SMILES string of the molecule is CCCCCC1CCC(CCC2CCC(C(=O)Oc3ccc(N=C=S)cc3)CC2)CC1. The van der Waals surface area contributed by atoms with E-state index in [2.05, 4.69) is 29.3 Å². The minimum atomic E-state index is -0.0778. The van der Waals surface area contributed by atoms with E-state index in [1.807, 2.05) is 0 Å². The van der Waals surface area contributed by atoms with Gasteiger partial charge in [0, 0.05) is 0 Å². The molecule has 0 heterocycles. The van der Waals surface area contributed by atoms with E-state index in [-0.39, 0.29) is 11.9 Å². The van der Waals surface area contributed by atoms with Crippen molar-refractivity contribution in [3.63, 3.8) is 0 Å². The van der Waals surface area contributed by atoms with Crippen LogP contribution < -0.4 is 4.74 Å². The molecule has 0 aliphatic heterocycles. The molecule has 2 aliphatic carbocycles. The summed E-state index contributed by atoms with van der Waals surface area (Å²) in [6.07, 6.45) is 18.5. The molecule has 170 valence electrons. The van der Waals surface area contributed by atoms with Gasteiger partial charge >= 0.3 is 5.97 Å².